The molecule has 0 fully saturated rings. The summed E-state index contributed by atoms with van der Waals surface area (Å²) in [4.78, 5) is 0. The molecule has 0 aliphatic carbocycles. The van der Waals surface area contributed by atoms with Crippen LogP contribution < -0.4 is 5.32 Å². The minimum atomic E-state index is 0.716. The lowest BCUT2D eigenvalue weighted by atomic mass is 10.1. The third-order valence-corrected chi connectivity index (χ3v) is 2.57. The van der Waals surface area contributed by atoms with Gasteiger partial charge < -0.3 is 5.32 Å². The Balaban J connectivity index is 2.46. The van der Waals surface area contributed by atoms with E-state index in [9.17, 15) is 0 Å². The smallest absolute Gasteiger partial charge is 0.151 e. The van der Waals surface area contributed by atoms with Gasteiger partial charge in [-0.1, -0.05) is 17.7 Å². The lowest BCUT2D eigenvalue weighted by Gasteiger charge is -2.10. The van der Waals surface area contributed by atoms with E-state index in [0.29, 0.717) is 6.54 Å². The molecule has 4 nitrogen and oxygen atoms in total. The maximum atomic E-state index is 4.10. The molecule has 0 spiro atoms. The summed E-state index contributed by atoms with van der Waals surface area (Å²) >= 11 is 0. The van der Waals surface area contributed by atoms with Crippen LogP contribution in [0, 0.1) is 13.8 Å². The Hall–Kier alpha value is -1.68. The number of rotatable bonds is 3. The van der Waals surface area contributed by atoms with Gasteiger partial charge in [-0.15, -0.1) is 10.2 Å². The van der Waals surface area contributed by atoms with Crippen LogP contribution in [0.5, 0.6) is 0 Å². The fourth-order valence-corrected chi connectivity index (χ4v) is 1.81. The Kier molecular flexibility index (Phi) is 3.01. The van der Waals surface area contributed by atoms with Gasteiger partial charge in [-0.2, -0.15) is 0 Å². The van der Waals surface area contributed by atoms with Gasteiger partial charge in [0.2, 0.25) is 0 Å². The zero-order chi connectivity index (χ0) is 11.5. The molecule has 0 aliphatic rings. The molecule has 0 amide bonds. The maximum Gasteiger partial charge on any atom is 0.151 e. The van der Waals surface area contributed by atoms with Crippen LogP contribution in [0.4, 0.5) is 0 Å². The quantitative estimate of drug-likeness (QED) is 0.847. The van der Waals surface area contributed by atoms with Crippen LogP contribution in [0.3, 0.4) is 0 Å². The summed E-state index contributed by atoms with van der Waals surface area (Å²) in [5.41, 5.74) is 3.64. The van der Waals surface area contributed by atoms with E-state index in [1.54, 1.807) is 6.33 Å². The van der Waals surface area contributed by atoms with Crippen LogP contribution in [0.1, 0.15) is 17.0 Å². The normalized spacial score (nSPS) is 10.7. The van der Waals surface area contributed by atoms with Crippen LogP contribution in [0.2, 0.25) is 0 Å². The van der Waals surface area contributed by atoms with E-state index in [0.717, 1.165) is 11.5 Å². The summed E-state index contributed by atoms with van der Waals surface area (Å²) in [6.07, 6.45) is 1.75. The first-order valence-electron chi connectivity index (χ1n) is 5.33. The highest BCUT2D eigenvalue weighted by molar-refractivity contribution is 5.43. The second kappa shape index (κ2) is 4.45. The topological polar surface area (TPSA) is 42.7 Å². The molecule has 0 bridgehead atoms. The summed E-state index contributed by atoms with van der Waals surface area (Å²) in [6.45, 7) is 4.91. The number of hydrogen-bond acceptors (Lipinski definition) is 3. The molecule has 1 N–H and O–H groups in total. The fraction of sp³-hybridized carbons (Fsp3) is 0.333. The average Bonchev–Trinajstić information content (AvgIpc) is 2.67. The van der Waals surface area contributed by atoms with Crippen molar-refractivity contribution in [3.8, 4) is 5.69 Å². The Morgan fingerprint density at radius 2 is 2.12 bits per heavy atom. The molecule has 0 saturated heterocycles. The number of hydrogen-bond donors (Lipinski definition) is 1. The fourth-order valence-electron chi connectivity index (χ4n) is 1.81. The Morgan fingerprint density at radius 1 is 1.31 bits per heavy atom. The largest absolute Gasteiger partial charge is 0.313 e. The zero-order valence-electron chi connectivity index (χ0n) is 9.86. The van der Waals surface area contributed by atoms with E-state index < -0.39 is 0 Å². The zero-order valence-corrected chi connectivity index (χ0v) is 9.86. The average molecular weight is 216 g/mol. The molecule has 2 rings (SSSR count). The second-order valence-corrected chi connectivity index (χ2v) is 3.94. The van der Waals surface area contributed by atoms with Gasteiger partial charge in [0, 0.05) is 0 Å². The Labute approximate surface area is 95.3 Å². The van der Waals surface area contributed by atoms with Crippen LogP contribution in [0.15, 0.2) is 24.5 Å². The third-order valence-electron chi connectivity index (χ3n) is 2.57. The molecule has 1 aromatic heterocycles. The van der Waals surface area contributed by atoms with E-state index in [2.05, 4.69) is 47.6 Å². The highest BCUT2D eigenvalue weighted by Crippen LogP contribution is 2.16. The molecule has 0 aliphatic heterocycles. The molecule has 4 heteroatoms. The lowest BCUT2D eigenvalue weighted by molar-refractivity contribution is 0.736. The second-order valence-electron chi connectivity index (χ2n) is 3.94. The molecule has 0 radical (unpaired) electrons. The van der Waals surface area contributed by atoms with Crippen LogP contribution in [0.25, 0.3) is 5.69 Å². The van der Waals surface area contributed by atoms with Crippen LogP contribution in [-0.2, 0) is 6.54 Å². The van der Waals surface area contributed by atoms with Gasteiger partial charge in [0.15, 0.2) is 5.82 Å². The van der Waals surface area contributed by atoms with Crippen molar-refractivity contribution in [2.45, 2.75) is 20.4 Å². The molecular formula is C12H16N4. The minimum Gasteiger partial charge on any atom is -0.313 e. The van der Waals surface area contributed by atoms with Crippen molar-refractivity contribution in [2.24, 2.45) is 0 Å². The molecule has 1 heterocycles. The van der Waals surface area contributed by atoms with Gasteiger partial charge in [-0.3, -0.25) is 4.57 Å². The number of aromatic nitrogens is 3. The number of benzene rings is 1. The van der Waals surface area contributed by atoms with Crippen LogP contribution in [-0.4, -0.2) is 21.8 Å². The number of nitrogens with one attached hydrogen (secondary N) is 1. The van der Waals surface area contributed by atoms with Crippen LogP contribution >= 0.6 is 0 Å². The predicted molar refractivity (Wildman–Crippen MR) is 63.6 cm³/mol. The van der Waals surface area contributed by atoms with Crippen molar-refractivity contribution in [2.75, 3.05) is 7.05 Å². The Morgan fingerprint density at radius 3 is 2.81 bits per heavy atom. The van der Waals surface area contributed by atoms with Gasteiger partial charge in [0.25, 0.3) is 0 Å². The van der Waals surface area contributed by atoms with Gasteiger partial charge in [0.05, 0.1) is 12.2 Å². The molecule has 16 heavy (non-hydrogen) atoms. The molecule has 2 aromatic rings. The third kappa shape index (κ3) is 1.97. The van der Waals surface area contributed by atoms with Crippen molar-refractivity contribution in [1.29, 1.82) is 0 Å². The summed E-state index contributed by atoms with van der Waals surface area (Å²) in [5, 5.41) is 11.1. The summed E-state index contributed by atoms with van der Waals surface area (Å²) in [6, 6.07) is 6.37. The van der Waals surface area contributed by atoms with Crippen molar-refractivity contribution in [1.82, 2.24) is 20.1 Å². The molecule has 1 aromatic carbocycles. The van der Waals surface area contributed by atoms with E-state index in [1.807, 2.05) is 11.6 Å². The van der Waals surface area contributed by atoms with Crippen molar-refractivity contribution < 1.29 is 0 Å². The van der Waals surface area contributed by atoms with Crippen molar-refractivity contribution in [3.05, 3.63) is 41.5 Å². The summed E-state index contributed by atoms with van der Waals surface area (Å²) < 4.78 is 2.02. The lowest BCUT2D eigenvalue weighted by Crippen LogP contribution is -2.11. The number of nitrogens with zero attached hydrogens (tertiary/aromatic N) is 3. The van der Waals surface area contributed by atoms with E-state index in [-0.39, 0.29) is 0 Å². The standard InChI is InChI=1S/C12H16N4/c1-9-4-5-11(10(2)6-9)16-8-14-15-12(16)7-13-3/h4-6,8,13H,7H2,1-3H3. The Bertz CT molecular complexity index is 488. The molecule has 0 unspecified atom stereocenters. The highest BCUT2D eigenvalue weighted by atomic mass is 15.3. The first-order valence-corrected chi connectivity index (χ1v) is 5.33. The van der Waals surface area contributed by atoms with Gasteiger partial charge in [-0.05, 0) is 32.5 Å². The molecule has 0 saturated carbocycles. The minimum absolute atomic E-state index is 0.716. The first-order chi connectivity index (χ1) is 7.72. The monoisotopic (exact) mass is 216 g/mol. The van der Waals surface area contributed by atoms with Crippen molar-refractivity contribution >= 4 is 0 Å². The van der Waals surface area contributed by atoms with Crippen molar-refractivity contribution in [3.63, 3.8) is 0 Å². The van der Waals surface area contributed by atoms with Gasteiger partial charge >= 0.3 is 0 Å². The van der Waals surface area contributed by atoms with Gasteiger partial charge in [-0.25, -0.2) is 0 Å². The molecular weight excluding hydrogens is 200 g/mol. The van der Waals surface area contributed by atoms with E-state index >= 15 is 0 Å². The van der Waals surface area contributed by atoms with E-state index in [4.69, 9.17) is 0 Å². The SMILES string of the molecule is CNCc1nncn1-c1ccc(C)cc1C. The molecule has 0 atom stereocenters. The summed E-state index contributed by atoms with van der Waals surface area (Å²) in [7, 11) is 1.90. The number of aryl methyl sites for hydroxylation is 2. The highest BCUT2D eigenvalue weighted by Gasteiger charge is 2.07. The van der Waals surface area contributed by atoms with Gasteiger partial charge in [0.1, 0.15) is 6.33 Å². The summed E-state index contributed by atoms with van der Waals surface area (Å²) in [5.74, 6) is 0.925. The predicted octanol–water partition coefficient (Wildman–Crippen LogP) is 1.60. The van der Waals surface area contributed by atoms with E-state index in [1.165, 1.54) is 11.1 Å². The maximum absolute atomic E-state index is 4.10. The first kappa shape index (κ1) is 10.8. The molecule has 84 valence electrons.